The minimum absolute atomic E-state index is 0.434. The van der Waals surface area contributed by atoms with Crippen molar-refractivity contribution in [1.29, 1.82) is 0 Å². The molecule has 0 unspecified atom stereocenters. The maximum atomic E-state index is 11.0. The first kappa shape index (κ1) is 11.6. The molecule has 1 aromatic rings. The summed E-state index contributed by atoms with van der Waals surface area (Å²) in [6, 6.07) is 7.81. The third-order valence-electron chi connectivity index (χ3n) is 2.00. The highest BCUT2D eigenvalue weighted by molar-refractivity contribution is 5.84. The highest BCUT2D eigenvalue weighted by atomic mass is 16.5. The van der Waals surface area contributed by atoms with Gasteiger partial charge in [0.1, 0.15) is 0 Å². The smallest absolute Gasteiger partial charge is 0.411 e. The lowest BCUT2D eigenvalue weighted by Gasteiger charge is -2.08. The minimum Gasteiger partial charge on any atom is -0.453 e. The van der Waals surface area contributed by atoms with Crippen molar-refractivity contribution in [1.82, 2.24) is 0 Å². The number of rotatable bonds is 3. The zero-order chi connectivity index (χ0) is 11.3. The third-order valence-corrected chi connectivity index (χ3v) is 2.00. The van der Waals surface area contributed by atoms with Gasteiger partial charge in [-0.25, -0.2) is 4.79 Å². The Morgan fingerprint density at radius 3 is 2.80 bits per heavy atom. The van der Waals surface area contributed by atoms with Crippen LogP contribution in [0.2, 0.25) is 0 Å². The number of hydrogen-bond acceptors (Lipinski definition) is 2. The van der Waals surface area contributed by atoms with Crippen LogP contribution in [0.3, 0.4) is 0 Å². The number of amides is 1. The zero-order valence-electron chi connectivity index (χ0n) is 9.41. The topological polar surface area (TPSA) is 38.3 Å². The van der Waals surface area contributed by atoms with Crippen molar-refractivity contribution in [2.75, 3.05) is 12.4 Å². The monoisotopic (exact) mass is 207 g/mol. The van der Waals surface area contributed by atoms with E-state index in [0.29, 0.717) is 5.92 Å². The summed E-state index contributed by atoms with van der Waals surface area (Å²) in [5.74, 6) is 0.610. The molecule has 1 rings (SSSR count). The van der Waals surface area contributed by atoms with Crippen LogP contribution < -0.4 is 5.32 Å². The molecule has 0 bridgehead atoms. The molecule has 0 atom stereocenters. The predicted molar refractivity (Wildman–Crippen MR) is 61.0 cm³/mol. The molecular formula is C12H17NO2. The lowest BCUT2D eigenvalue weighted by molar-refractivity contribution is 0.187. The summed E-state index contributed by atoms with van der Waals surface area (Å²) in [5, 5.41) is 2.64. The fourth-order valence-corrected chi connectivity index (χ4v) is 1.42. The van der Waals surface area contributed by atoms with Crippen molar-refractivity contribution < 1.29 is 9.53 Å². The molecule has 15 heavy (non-hydrogen) atoms. The van der Waals surface area contributed by atoms with Gasteiger partial charge >= 0.3 is 6.09 Å². The standard InChI is InChI=1S/C12H17NO2/c1-9(2)7-10-5-4-6-11(8-10)13-12(14)15-3/h4-6,8-9H,7H2,1-3H3,(H,13,14). The van der Waals surface area contributed by atoms with E-state index in [9.17, 15) is 4.79 Å². The molecule has 1 amide bonds. The summed E-state index contributed by atoms with van der Waals surface area (Å²) >= 11 is 0. The molecule has 0 saturated carbocycles. The number of methoxy groups -OCH3 is 1. The van der Waals surface area contributed by atoms with E-state index in [1.807, 2.05) is 18.2 Å². The van der Waals surface area contributed by atoms with E-state index in [0.717, 1.165) is 12.1 Å². The number of nitrogens with one attached hydrogen (secondary N) is 1. The van der Waals surface area contributed by atoms with Crippen LogP contribution >= 0.6 is 0 Å². The van der Waals surface area contributed by atoms with Gasteiger partial charge in [0.25, 0.3) is 0 Å². The first-order chi connectivity index (χ1) is 7.11. The molecule has 0 radical (unpaired) electrons. The maximum Gasteiger partial charge on any atom is 0.411 e. The average molecular weight is 207 g/mol. The Labute approximate surface area is 90.4 Å². The molecule has 1 aromatic carbocycles. The van der Waals surface area contributed by atoms with Gasteiger partial charge in [0.05, 0.1) is 7.11 Å². The SMILES string of the molecule is COC(=O)Nc1cccc(CC(C)C)c1. The number of carbonyl (C=O) groups excluding carboxylic acids is 1. The molecule has 0 aliphatic rings. The van der Waals surface area contributed by atoms with Crippen LogP contribution in [-0.2, 0) is 11.2 Å². The van der Waals surface area contributed by atoms with Gasteiger partial charge in [-0.3, -0.25) is 5.32 Å². The summed E-state index contributed by atoms with van der Waals surface area (Å²) in [6.45, 7) is 4.33. The van der Waals surface area contributed by atoms with Gasteiger partial charge in [-0.2, -0.15) is 0 Å². The number of carbonyl (C=O) groups is 1. The van der Waals surface area contributed by atoms with Crippen molar-refractivity contribution in [2.24, 2.45) is 5.92 Å². The molecule has 3 nitrogen and oxygen atoms in total. The fourth-order valence-electron chi connectivity index (χ4n) is 1.42. The van der Waals surface area contributed by atoms with Crippen LogP contribution in [0, 0.1) is 5.92 Å². The Morgan fingerprint density at radius 1 is 1.47 bits per heavy atom. The van der Waals surface area contributed by atoms with Crippen molar-refractivity contribution in [2.45, 2.75) is 20.3 Å². The van der Waals surface area contributed by atoms with Crippen LogP contribution in [0.4, 0.5) is 10.5 Å². The van der Waals surface area contributed by atoms with Gasteiger partial charge in [0, 0.05) is 5.69 Å². The molecule has 82 valence electrons. The molecule has 0 spiro atoms. The summed E-state index contributed by atoms with van der Waals surface area (Å²) in [6.07, 6.45) is 0.577. The fraction of sp³-hybridized carbons (Fsp3) is 0.417. The van der Waals surface area contributed by atoms with Crippen molar-refractivity contribution in [3.8, 4) is 0 Å². The van der Waals surface area contributed by atoms with Crippen LogP contribution in [0.5, 0.6) is 0 Å². The van der Waals surface area contributed by atoms with E-state index < -0.39 is 6.09 Å². The van der Waals surface area contributed by atoms with Gasteiger partial charge in [-0.15, -0.1) is 0 Å². The molecule has 3 heteroatoms. The van der Waals surface area contributed by atoms with Gasteiger partial charge in [-0.05, 0) is 30.0 Å². The minimum atomic E-state index is -0.434. The largest absolute Gasteiger partial charge is 0.453 e. The molecule has 0 aliphatic carbocycles. The number of anilines is 1. The van der Waals surface area contributed by atoms with Gasteiger partial charge in [0.2, 0.25) is 0 Å². The van der Waals surface area contributed by atoms with Crippen molar-refractivity contribution in [3.63, 3.8) is 0 Å². The molecule has 0 aliphatic heterocycles. The number of benzene rings is 1. The first-order valence-electron chi connectivity index (χ1n) is 5.05. The van der Waals surface area contributed by atoms with E-state index >= 15 is 0 Å². The second kappa shape index (κ2) is 5.39. The van der Waals surface area contributed by atoms with Crippen LogP contribution in [-0.4, -0.2) is 13.2 Å². The van der Waals surface area contributed by atoms with E-state index in [-0.39, 0.29) is 0 Å². The maximum absolute atomic E-state index is 11.0. The zero-order valence-corrected chi connectivity index (χ0v) is 9.41. The first-order valence-corrected chi connectivity index (χ1v) is 5.05. The van der Waals surface area contributed by atoms with Crippen LogP contribution in [0.25, 0.3) is 0 Å². The highest BCUT2D eigenvalue weighted by Gasteiger charge is 2.02. The Hall–Kier alpha value is -1.51. The third kappa shape index (κ3) is 4.02. The number of hydrogen-bond donors (Lipinski definition) is 1. The Bertz CT molecular complexity index is 334. The Morgan fingerprint density at radius 2 is 2.20 bits per heavy atom. The molecule has 0 heterocycles. The van der Waals surface area contributed by atoms with E-state index in [1.54, 1.807) is 0 Å². The summed E-state index contributed by atoms with van der Waals surface area (Å²) in [4.78, 5) is 11.0. The van der Waals surface area contributed by atoms with Crippen molar-refractivity contribution >= 4 is 11.8 Å². The lowest BCUT2D eigenvalue weighted by atomic mass is 10.0. The average Bonchev–Trinajstić information content (AvgIpc) is 2.17. The predicted octanol–water partition coefficient (Wildman–Crippen LogP) is 3.06. The lowest BCUT2D eigenvalue weighted by Crippen LogP contribution is -2.11. The second-order valence-corrected chi connectivity index (χ2v) is 3.91. The quantitative estimate of drug-likeness (QED) is 0.827. The van der Waals surface area contributed by atoms with E-state index in [2.05, 4.69) is 30.0 Å². The van der Waals surface area contributed by atoms with E-state index in [1.165, 1.54) is 12.7 Å². The van der Waals surface area contributed by atoms with Crippen LogP contribution in [0.15, 0.2) is 24.3 Å². The molecular weight excluding hydrogens is 190 g/mol. The number of ether oxygens (including phenoxy) is 1. The second-order valence-electron chi connectivity index (χ2n) is 3.91. The van der Waals surface area contributed by atoms with E-state index in [4.69, 9.17) is 0 Å². The normalized spacial score (nSPS) is 10.1. The van der Waals surface area contributed by atoms with Crippen molar-refractivity contribution in [3.05, 3.63) is 29.8 Å². The van der Waals surface area contributed by atoms with Gasteiger partial charge in [0.15, 0.2) is 0 Å². The Balaban J connectivity index is 2.69. The molecule has 1 N–H and O–H groups in total. The molecule has 0 fully saturated rings. The summed E-state index contributed by atoms with van der Waals surface area (Å²) in [5.41, 5.74) is 2.00. The highest BCUT2D eigenvalue weighted by Crippen LogP contribution is 2.14. The van der Waals surface area contributed by atoms with Gasteiger partial charge in [-0.1, -0.05) is 26.0 Å². The summed E-state index contributed by atoms with van der Waals surface area (Å²) in [7, 11) is 1.35. The van der Waals surface area contributed by atoms with Crippen LogP contribution in [0.1, 0.15) is 19.4 Å². The van der Waals surface area contributed by atoms with Gasteiger partial charge < -0.3 is 4.74 Å². The molecule has 0 aromatic heterocycles. The summed E-state index contributed by atoms with van der Waals surface area (Å²) < 4.78 is 4.53. The molecule has 0 saturated heterocycles. The Kier molecular flexibility index (Phi) is 4.16.